The minimum absolute atomic E-state index is 0.476. The zero-order valence-corrected chi connectivity index (χ0v) is 12.4. The van der Waals surface area contributed by atoms with Gasteiger partial charge in [0.05, 0.1) is 7.11 Å². The van der Waals surface area contributed by atoms with Crippen LogP contribution in [0.5, 0.6) is 5.75 Å². The van der Waals surface area contributed by atoms with Gasteiger partial charge in [-0.15, -0.1) is 0 Å². The van der Waals surface area contributed by atoms with E-state index in [0.29, 0.717) is 6.04 Å². The fraction of sp³-hybridized carbons (Fsp3) is 0.625. The molecule has 0 heterocycles. The Hall–Kier alpha value is -1.06. The first-order valence-corrected chi connectivity index (χ1v) is 7.26. The van der Waals surface area contributed by atoms with E-state index in [9.17, 15) is 0 Å². The molecule has 0 radical (unpaired) electrons. The van der Waals surface area contributed by atoms with E-state index in [4.69, 9.17) is 4.74 Å². The first-order chi connectivity index (χ1) is 9.20. The molecule has 0 bridgehead atoms. The minimum Gasteiger partial charge on any atom is -0.496 e. The predicted octanol–water partition coefficient (Wildman–Crippen LogP) is 2.31. The van der Waals surface area contributed by atoms with E-state index in [0.717, 1.165) is 31.3 Å². The Balaban J connectivity index is 1.72. The Kier molecular flexibility index (Phi) is 5.23. The summed E-state index contributed by atoms with van der Waals surface area (Å²) in [4.78, 5) is 2.46. The lowest BCUT2D eigenvalue weighted by Gasteiger charge is -2.19. The average molecular weight is 262 g/mol. The molecule has 1 N–H and O–H groups in total. The molecule has 0 aliphatic heterocycles. The van der Waals surface area contributed by atoms with Crippen LogP contribution in [0.3, 0.4) is 0 Å². The molecule has 1 aromatic rings. The smallest absolute Gasteiger partial charge is 0.122 e. The van der Waals surface area contributed by atoms with E-state index in [-0.39, 0.29) is 0 Å². The number of hydrogen-bond donors (Lipinski definition) is 1. The number of rotatable bonds is 8. The van der Waals surface area contributed by atoms with Gasteiger partial charge in [0.1, 0.15) is 5.75 Å². The van der Waals surface area contributed by atoms with Crippen molar-refractivity contribution in [3.8, 4) is 5.75 Å². The number of benzene rings is 1. The Bertz CT molecular complexity index is 390. The van der Waals surface area contributed by atoms with Crippen molar-refractivity contribution in [1.82, 2.24) is 10.2 Å². The van der Waals surface area contributed by atoms with E-state index >= 15 is 0 Å². The summed E-state index contributed by atoms with van der Waals surface area (Å²) in [5, 5.41) is 3.60. The lowest BCUT2D eigenvalue weighted by molar-refractivity contribution is 0.315. The first-order valence-electron chi connectivity index (χ1n) is 7.26. The minimum atomic E-state index is 0.476. The molecule has 19 heavy (non-hydrogen) atoms. The van der Waals surface area contributed by atoms with Crippen molar-refractivity contribution in [2.45, 2.75) is 38.3 Å². The molecule has 1 saturated carbocycles. The van der Waals surface area contributed by atoms with Gasteiger partial charge in [-0.1, -0.05) is 18.2 Å². The monoisotopic (exact) mass is 262 g/mol. The molecule has 1 aliphatic rings. The predicted molar refractivity (Wildman–Crippen MR) is 79.8 cm³/mol. The third-order valence-corrected chi connectivity index (χ3v) is 3.85. The number of methoxy groups -OCH3 is 1. The number of hydrogen-bond acceptors (Lipinski definition) is 3. The molecular weight excluding hydrogens is 236 g/mol. The maximum atomic E-state index is 5.39. The third-order valence-electron chi connectivity index (χ3n) is 3.85. The highest BCUT2D eigenvalue weighted by atomic mass is 16.5. The van der Waals surface area contributed by atoms with Crippen LogP contribution < -0.4 is 10.1 Å². The third kappa shape index (κ3) is 4.51. The molecule has 0 saturated heterocycles. The van der Waals surface area contributed by atoms with Crippen molar-refractivity contribution in [3.63, 3.8) is 0 Å². The molecule has 0 spiro atoms. The SMILES string of the molecule is COc1ccccc1CC(C)NCCN(C)C1CC1. The van der Waals surface area contributed by atoms with Crippen molar-refractivity contribution in [2.75, 3.05) is 27.2 Å². The molecule has 1 atom stereocenters. The van der Waals surface area contributed by atoms with Crippen molar-refractivity contribution >= 4 is 0 Å². The Morgan fingerprint density at radius 3 is 2.79 bits per heavy atom. The Labute approximate surface area is 116 Å². The van der Waals surface area contributed by atoms with E-state index in [1.54, 1.807) is 7.11 Å². The van der Waals surface area contributed by atoms with Crippen LogP contribution >= 0.6 is 0 Å². The molecule has 1 aromatic carbocycles. The maximum Gasteiger partial charge on any atom is 0.122 e. The molecule has 2 rings (SSSR count). The highest BCUT2D eigenvalue weighted by molar-refractivity contribution is 5.33. The van der Waals surface area contributed by atoms with Crippen LogP contribution in [0.2, 0.25) is 0 Å². The summed E-state index contributed by atoms with van der Waals surface area (Å²) in [7, 11) is 3.96. The van der Waals surface area contributed by atoms with Crippen LogP contribution in [0.15, 0.2) is 24.3 Å². The average Bonchev–Trinajstić information content (AvgIpc) is 3.23. The summed E-state index contributed by atoms with van der Waals surface area (Å²) in [6.07, 6.45) is 3.78. The van der Waals surface area contributed by atoms with Crippen molar-refractivity contribution in [2.24, 2.45) is 0 Å². The highest BCUT2D eigenvalue weighted by Gasteiger charge is 2.25. The van der Waals surface area contributed by atoms with Crippen LogP contribution in [0.4, 0.5) is 0 Å². The van der Waals surface area contributed by atoms with E-state index < -0.39 is 0 Å². The molecule has 3 nitrogen and oxygen atoms in total. The van der Waals surface area contributed by atoms with Gasteiger partial charge in [-0.3, -0.25) is 0 Å². The van der Waals surface area contributed by atoms with Crippen LogP contribution in [0, 0.1) is 0 Å². The van der Waals surface area contributed by atoms with Crippen LogP contribution in [-0.4, -0.2) is 44.2 Å². The lowest BCUT2D eigenvalue weighted by atomic mass is 10.1. The number of nitrogens with one attached hydrogen (secondary N) is 1. The van der Waals surface area contributed by atoms with E-state index in [1.807, 2.05) is 12.1 Å². The normalized spacial score (nSPS) is 16.6. The van der Waals surface area contributed by atoms with E-state index in [2.05, 4.69) is 36.3 Å². The van der Waals surface area contributed by atoms with Crippen molar-refractivity contribution in [1.29, 1.82) is 0 Å². The van der Waals surface area contributed by atoms with Gasteiger partial charge in [0.25, 0.3) is 0 Å². The summed E-state index contributed by atoms with van der Waals surface area (Å²) in [5.74, 6) is 0.992. The second kappa shape index (κ2) is 6.92. The highest BCUT2D eigenvalue weighted by Crippen LogP contribution is 2.24. The van der Waals surface area contributed by atoms with Gasteiger partial charge in [-0.2, -0.15) is 0 Å². The van der Waals surface area contributed by atoms with Gasteiger partial charge in [0.15, 0.2) is 0 Å². The molecular formula is C16H26N2O. The fourth-order valence-electron chi connectivity index (χ4n) is 2.46. The topological polar surface area (TPSA) is 24.5 Å². The molecule has 106 valence electrons. The van der Waals surface area contributed by atoms with Gasteiger partial charge >= 0.3 is 0 Å². The van der Waals surface area contributed by atoms with Gasteiger partial charge in [0.2, 0.25) is 0 Å². The molecule has 1 aliphatic carbocycles. The van der Waals surface area contributed by atoms with Crippen LogP contribution in [-0.2, 0) is 6.42 Å². The summed E-state index contributed by atoms with van der Waals surface area (Å²) in [6.45, 7) is 4.44. The molecule has 3 heteroatoms. The molecule has 1 unspecified atom stereocenters. The number of likely N-dealkylation sites (N-methyl/N-ethyl adjacent to an activating group) is 1. The molecule has 1 fully saturated rings. The molecule has 0 aromatic heterocycles. The summed E-state index contributed by atoms with van der Waals surface area (Å²) < 4.78 is 5.39. The largest absolute Gasteiger partial charge is 0.496 e. The van der Waals surface area contributed by atoms with Crippen molar-refractivity contribution < 1.29 is 4.74 Å². The maximum absolute atomic E-state index is 5.39. The zero-order chi connectivity index (χ0) is 13.7. The second-order valence-corrected chi connectivity index (χ2v) is 5.58. The van der Waals surface area contributed by atoms with Gasteiger partial charge in [-0.25, -0.2) is 0 Å². The lowest BCUT2D eigenvalue weighted by Crippen LogP contribution is -2.36. The van der Waals surface area contributed by atoms with E-state index in [1.165, 1.54) is 18.4 Å². The van der Waals surface area contributed by atoms with Crippen LogP contribution in [0.1, 0.15) is 25.3 Å². The zero-order valence-electron chi connectivity index (χ0n) is 12.4. The standard InChI is InChI=1S/C16H26N2O/c1-13(17-10-11-18(2)15-8-9-15)12-14-6-4-5-7-16(14)19-3/h4-7,13,15,17H,8-12H2,1-3H3. The fourth-order valence-corrected chi connectivity index (χ4v) is 2.46. The summed E-state index contributed by atoms with van der Waals surface area (Å²) in [5.41, 5.74) is 1.28. The number of nitrogens with zero attached hydrogens (tertiary/aromatic N) is 1. The van der Waals surface area contributed by atoms with Crippen molar-refractivity contribution in [3.05, 3.63) is 29.8 Å². The summed E-state index contributed by atoms with van der Waals surface area (Å²) >= 11 is 0. The van der Waals surface area contributed by atoms with Crippen LogP contribution in [0.25, 0.3) is 0 Å². The quantitative estimate of drug-likeness (QED) is 0.778. The van der Waals surface area contributed by atoms with Gasteiger partial charge in [-0.05, 0) is 44.9 Å². The first kappa shape index (κ1) is 14.4. The van der Waals surface area contributed by atoms with Gasteiger partial charge < -0.3 is 15.0 Å². The molecule has 0 amide bonds. The Morgan fingerprint density at radius 1 is 1.37 bits per heavy atom. The number of para-hydroxylation sites is 1. The van der Waals surface area contributed by atoms with Gasteiger partial charge in [0, 0.05) is 25.2 Å². The summed E-state index contributed by atoms with van der Waals surface area (Å²) in [6, 6.07) is 9.60. The second-order valence-electron chi connectivity index (χ2n) is 5.58. The Morgan fingerprint density at radius 2 is 2.11 bits per heavy atom. The number of ether oxygens (including phenoxy) is 1.